The molecule has 0 bridgehead atoms. The Morgan fingerprint density at radius 2 is 1.81 bits per heavy atom. The van der Waals surface area contributed by atoms with Crippen LogP contribution >= 0.6 is 0 Å². The Hall–Kier alpha value is -2.62. The fraction of sp³-hybridized carbons (Fsp3) is 0.364. The first-order chi connectivity index (χ1) is 12.3. The molecule has 1 aliphatic heterocycles. The zero-order chi connectivity index (χ0) is 18.7. The number of hydrogen-bond acceptors (Lipinski definition) is 3. The molecular formula is C22H25NO3. The molecule has 4 nitrogen and oxygen atoms in total. The minimum atomic E-state index is -0.411. The molecule has 0 aliphatic carbocycles. The Bertz CT molecular complexity index is 806. The molecule has 0 N–H and O–H groups in total. The molecule has 1 aliphatic rings. The molecule has 26 heavy (non-hydrogen) atoms. The van der Waals surface area contributed by atoms with Crippen LogP contribution in [0.5, 0.6) is 0 Å². The van der Waals surface area contributed by atoms with Gasteiger partial charge in [0.05, 0.1) is 5.69 Å². The number of rotatable bonds is 3. The van der Waals surface area contributed by atoms with Crippen LogP contribution in [0, 0.1) is 5.41 Å². The Morgan fingerprint density at radius 3 is 2.50 bits per heavy atom. The number of fused-ring (bicyclic) bond motifs is 1. The van der Waals surface area contributed by atoms with E-state index in [0.717, 1.165) is 17.5 Å². The average molecular weight is 351 g/mol. The lowest BCUT2D eigenvalue weighted by Crippen LogP contribution is -2.37. The minimum Gasteiger partial charge on any atom is -0.444 e. The normalized spacial score (nSPS) is 14.1. The molecule has 3 rings (SSSR count). The van der Waals surface area contributed by atoms with Crippen molar-refractivity contribution >= 4 is 17.6 Å². The van der Waals surface area contributed by atoms with E-state index in [2.05, 4.69) is 20.8 Å². The monoisotopic (exact) mass is 351 g/mol. The van der Waals surface area contributed by atoms with Gasteiger partial charge in [-0.3, -0.25) is 9.69 Å². The summed E-state index contributed by atoms with van der Waals surface area (Å²) < 4.78 is 5.45. The number of nitrogens with zero attached hydrogens (tertiary/aromatic N) is 1. The number of carbonyl (C=O) groups is 2. The van der Waals surface area contributed by atoms with Crippen molar-refractivity contribution in [2.75, 3.05) is 11.4 Å². The van der Waals surface area contributed by atoms with Gasteiger partial charge in [-0.05, 0) is 35.1 Å². The number of carbonyl (C=O) groups excluding carboxylic acids is 2. The van der Waals surface area contributed by atoms with E-state index in [-0.39, 0.29) is 17.8 Å². The average Bonchev–Trinajstić information content (AvgIpc) is 2.60. The van der Waals surface area contributed by atoms with Crippen LogP contribution in [0.3, 0.4) is 0 Å². The predicted molar refractivity (Wildman–Crippen MR) is 103 cm³/mol. The minimum absolute atomic E-state index is 0.0860. The maximum Gasteiger partial charge on any atom is 0.414 e. The van der Waals surface area contributed by atoms with Crippen molar-refractivity contribution in [3.05, 3.63) is 65.2 Å². The van der Waals surface area contributed by atoms with E-state index in [1.807, 2.05) is 48.5 Å². The largest absolute Gasteiger partial charge is 0.444 e. The molecular weight excluding hydrogens is 326 g/mol. The third-order valence-electron chi connectivity index (χ3n) is 4.37. The van der Waals surface area contributed by atoms with Gasteiger partial charge in [0.1, 0.15) is 6.61 Å². The van der Waals surface area contributed by atoms with Crippen molar-refractivity contribution in [3.8, 4) is 0 Å². The molecule has 2 aromatic carbocycles. The van der Waals surface area contributed by atoms with E-state index in [1.54, 1.807) is 4.90 Å². The van der Waals surface area contributed by atoms with Gasteiger partial charge < -0.3 is 4.74 Å². The molecule has 0 aromatic heterocycles. The van der Waals surface area contributed by atoms with E-state index < -0.39 is 6.09 Å². The molecule has 0 fully saturated rings. The van der Waals surface area contributed by atoms with Crippen LogP contribution in [0.2, 0.25) is 0 Å². The summed E-state index contributed by atoms with van der Waals surface area (Å²) in [5.41, 5.74) is 3.46. The van der Waals surface area contributed by atoms with Gasteiger partial charge in [-0.1, -0.05) is 57.2 Å². The third kappa shape index (κ3) is 4.31. The van der Waals surface area contributed by atoms with Crippen LogP contribution in [0.15, 0.2) is 48.5 Å². The van der Waals surface area contributed by atoms with Gasteiger partial charge in [-0.25, -0.2) is 4.79 Å². The maximum atomic E-state index is 12.5. The van der Waals surface area contributed by atoms with Gasteiger partial charge >= 0.3 is 6.09 Å². The van der Waals surface area contributed by atoms with Gasteiger partial charge in [-0.15, -0.1) is 0 Å². The first-order valence-corrected chi connectivity index (χ1v) is 8.98. The van der Waals surface area contributed by atoms with Crippen molar-refractivity contribution in [3.63, 3.8) is 0 Å². The maximum absolute atomic E-state index is 12.5. The van der Waals surface area contributed by atoms with Crippen molar-refractivity contribution < 1.29 is 14.3 Å². The van der Waals surface area contributed by atoms with Crippen LogP contribution in [0.4, 0.5) is 10.5 Å². The molecule has 1 heterocycles. The molecule has 0 radical (unpaired) electrons. The summed E-state index contributed by atoms with van der Waals surface area (Å²) in [6.07, 6.45) is 0.796. The number of ketones is 1. The SMILES string of the molecule is CC(C)(C)Cc1ccc2c(c1)C(=O)CCN2C(=O)OCc1ccccc1. The fourth-order valence-corrected chi connectivity index (χ4v) is 3.22. The van der Waals surface area contributed by atoms with E-state index in [0.29, 0.717) is 24.2 Å². The van der Waals surface area contributed by atoms with Gasteiger partial charge in [0.2, 0.25) is 0 Å². The fourth-order valence-electron chi connectivity index (χ4n) is 3.22. The van der Waals surface area contributed by atoms with Crippen LogP contribution in [0.1, 0.15) is 48.7 Å². The van der Waals surface area contributed by atoms with Crippen molar-refractivity contribution in [1.82, 2.24) is 0 Å². The van der Waals surface area contributed by atoms with E-state index >= 15 is 0 Å². The standard InChI is InChI=1S/C22H25NO3/c1-22(2,3)14-17-9-10-19-18(13-17)20(24)11-12-23(19)21(25)26-15-16-7-5-4-6-8-16/h4-10,13H,11-12,14-15H2,1-3H3. The highest BCUT2D eigenvalue weighted by molar-refractivity contribution is 6.07. The van der Waals surface area contributed by atoms with Gasteiger partial charge in [-0.2, -0.15) is 0 Å². The zero-order valence-electron chi connectivity index (χ0n) is 15.6. The lowest BCUT2D eigenvalue weighted by atomic mass is 9.86. The number of Topliss-reactive ketones (excluding diaryl/α,β-unsaturated/α-hetero) is 1. The Labute approximate surface area is 154 Å². The molecule has 4 heteroatoms. The summed E-state index contributed by atoms with van der Waals surface area (Å²) >= 11 is 0. The van der Waals surface area contributed by atoms with Gasteiger partial charge in [0, 0.05) is 18.5 Å². The van der Waals surface area contributed by atoms with Crippen LogP contribution < -0.4 is 4.90 Å². The molecule has 2 aromatic rings. The lowest BCUT2D eigenvalue weighted by Gasteiger charge is -2.29. The smallest absolute Gasteiger partial charge is 0.414 e. The summed E-state index contributed by atoms with van der Waals surface area (Å²) in [6.45, 7) is 7.09. The summed E-state index contributed by atoms with van der Waals surface area (Å²) in [6, 6.07) is 15.4. The van der Waals surface area contributed by atoms with Crippen LogP contribution in [0.25, 0.3) is 0 Å². The van der Waals surface area contributed by atoms with Crippen LogP contribution in [-0.4, -0.2) is 18.4 Å². The number of anilines is 1. The predicted octanol–water partition coefficient (Wildman–Crippen LogP) is 5.00. The molecule has 0 saturated carbocycles. The third-order valence-corrected chi connectivity index (χ3v) is 4.37. The molecule has 0 unspecified atom stereocenters. The Balaban J connectivity index is 1.77. The number of benzene rings is 2. The second-order valence-electron chi connectivity index (χ2n) is 7.95. The zero-order valence-corrected chi connectivity index (χ0v) is 15.6. The molecule has 0 saturated heterocycles. The van der Waals surface area contributed by atoms with E-state index in [4.69, 9.17) is 4.74 Å². The number of amides is 1. The van der Waals surface area contributed by atoms with E-state index in [1.165, 1.54) is 0 Å². The van der Waals surface area contributed by atoms with Crippen molar-refractivity contribution in [2.24, 2.45) is 5.41 Å². The van der Waals surface area contributed by atoms with Crippen molar-refractivity contribution in [2.45, 2.75) is 40.2 Å². The topological polar surface area (TPSA) is 46.6 Å². The molecule has 1 amide bonds. The number of hydrogen-bond donors (Lipinski definition) is 0. The summed E-state index contributed by atoms with van der Waals surface area (Å²) in [5, 5.41) is 0. The second-order valence-corrected chi connectivity index (χ2v) is 7.95. The highest BCUT2D eigenvalue weighted by Crippen LogP contribution is 2.31. The molecule has 0 spiro atoms. The summed E-state index contributed by atoms with van der Waals surface area (Å²) in [4.78, 5) is 26.5. The number of ether oxygens (including phenoxy) is 1. The van der Waals surface area contributed by atoms with Crippen LogP contribution in [-0.2, 0) is 17.8 Å². The lowest BCUT2D eigenvalue weighted by molar-refractivity contribution is 0.0977. The quantitative estimate of drug-likeness (QED) is 0.781. The second kappa shape index (κ2) is 7.32. The summed E-state index contributed by atoms with van der Waals surface area (Å²) in [5.74, 6) is 0.0860. The molecule has 136 valence electrons. The summed E-state index contributed by atoms with van der Waals surface area (Å²) in [7, 11) is 0. The highest BCUT2D eigenvalue weighted by atomic mass is 16.6. The van der Waals surface area contributed by atoms with Gasteiger partial charge in [0.25, 0.3) is 0 Å². The van der Waals surface area contributed by atoms with Crippen molar-refractivity contribution in [1.29, 1.82) is 0 Å². The Kier molecular flexibility index (Phi) is 5.12. The first kappa shape index (κ1) is 18.2. The first-order valence-electron chi connectivity index (χ1n) is 8.98. The van der Waals surface area contributed by atoms with Gasteiger partial charge in [0.15, 0.2) is 5.78 Å². The highest BCUT2D eigenvalue weighted by Gasteiger charge is 2.29. The Morgan fingerprint density at radius 1 is 1.08 bits per heavy atom. The van der Waals surface area contributed by atoms with E-state index in [9.17, 15) is 9.59 Å². The molecule has 0 atom stereocenters.